The Morgan fingerprint density at radius 1 is 0.891 bits per heavy atom. The fourth-order valence-corrected chi connectivity index (χ4v) is 8.18. The molecule has 0 bridgehead atoms. The number of carbonyl (C=O) groups is 2. The van der Waals surface area contributed by atoms with Crippen LogP contribution in [-0.4, -0.2) is 94.8 Å². The standard InChI is InChI=1S/C42H57N7O6/c1-38(2,3)54-36(50)46(11)42(10)19-18-27-12-17-32(44-33(27)42)49-31-24-40(7,8)53-26-41(31,9)30-25-43-35(45-34(30)49)48(37(51)55-39(4,5)6)29-15-13-28(14-16-29)47-20-22-52-23-21-47/h12-17,25,31H,18-24,26H2,1-11H3/t31-,41-,42+/m0/s1. The molecule has 4 aliphatic rings. The second-order valence-electron chi connectivity index (χ2n) is 18.4. The second kappa shape index (κ2) is 13.6. The highest BCUT2D eigenvalue weighted by Crippen LogP contribution is 2.54. The molecular formula is C42H57N7O6. The van der Waals surface area contributed by atoms with Crippen LogP contribution in [0.5, 0.6) is 0 Å². The van der Waals surface area contributed by atoms with Gasteiger partial charge in [0.05, 0.1) is 48.4 Å². The lowest BCUT2D eigenvalue weighted by Gasteiger charge is -2.46. The summed E-state index contributed by atoms with van der Waals surface area (Å²) in [5.41, 5.74) is 1.51. The summed E-state index contributed by atoms with van der Waals surface area (Å²) in [6.45, 7) is 23.0. The van der Waals surface area contributed by atoms with Crippen molar-refractivity contribution < 1.29 is 28.5 Å². The van der Waals surface area contributed by atoms with Crippen LogP contribution in [0.25, 0.3) is 0 Å². The number of hydrogen-bond donors (Lipinski definition) is 0. The highest BCUT2D eigenvalue weighted by molar-refractivity contribution is 5.95. The molecule has 0 spiro atoms. The number of hydrogen-bond acceptors (Lipinski definition) is 11. The van der Waals surface area contributed by atoms with Crippen LogP contribution < -0.4 is 14.7 Å². The topological polar surface area (TPSA) is 123 Å². The molecular weight excluding hydrogens is 699 g/mol. The zero-order valence-corrected chi connectivity index (χ0v) is 34.4. The minimum atomic E-state index is -0.759. The second-order valence-corrected chi connectivity index (χ2v) is 18.4. The van der Waals surface area contributed by atoms with Crippen molar-refractivity contribution in [1.82, 2.24) is 19.9 Å². The molecule has 3 aromatic rings. The molecule has 0 N–H and O–H groups in total. The quantitative estimate of drug-likeness (QED) is 0.254. The van der Waals surface area contributed by atoms with Gasteiger partial charge in [-0.3, -0.25) is 0 Å². The molecule has 2 amide bonds. The molecule has 55 heavy (non-hydrogen) atoms. The van der Waals surface area contributed by atoms with E-state index in [1.165, 1.54) is 4.90 Å². The molecule has 1 aliphatic carbocycles. The number of aryl methyl sites for hydroxylation is 1. The summed E-state index contributed by atoms with van der Waals surface area (Å²) in [5.74, 6) is 1.56. The summed E-state index contributed by atoms with van der Waals surface area (Å²) in [6, 6.07) is 11.9. The van der Waals surface area contributed by atoms with E-state index in [2.05, 4.69) is 43.6 Å². The van der Waals surface area contributed by atoms with Crippen LogP contribution in [0.15, 0.2) is 42.6 Å². The molecule has 2 saturated heterocycles. The van der Waals surface area contributed by atoms with Crippen molar-refractivity contribution in [2.75, 3.05) is 54.7 Å². The highest BCUT2D eigenvalue weighted by atomic mass is 16.6. The van der Waals surface area contributed by atoms with Crippen LogP contribution in [0, 0.1) is 0 Å². The van der Waals surface area contributed by atoms with Gasteiger partial charge >= 0.3 is 12.2 Å². The van der Waals surface area contributed by atoms with Crippen molar-refractivity contribution >= 4 is 41.1 Å². The lowest BCUT2D eigenvalue weighted by molar-refractivity contribution is -0.0893. The Kier molecular flexibility index (Phi) is 9.60. The summed E-state index contributed by atoms with van der Waals surface area (Å²) in [5, 5.41) is 0. The SMILES string of the molecule is CN(C(=O)OC(C)(C)C)[C@]1(C)CCc2ccc(N3c4nc(N(C(=O)OC(C)(C)C)c5ccc(N6CCOCC6)cc5)ncc4[C@]4(C)COC(C)(C)C[C@H]34)nc21. The van der Waals surface area contributed by atoms with Crippen LogP contribution in [0.2, 0.25) is 0 Å². The fraction of sp³-hybridized carbons (Fsp3) is 0.595. The zero-order chi connectivity index (χ0) is 39.7. The third-order valence-electron chi connectivity index (χ3n) is 11.4. The maximum absolute atomic E-state index is 14.1. The van der Waals surface area contributed by atoms with Crippen LogP contribution in [0.4, 0.5) is 38.5 Å². The Bertz CT molecular complexity index is 1950. The minimum absolute atomic E-state index is 0.0830. The Morgan fingerprint density at radius 2 is 1.55 bits per heavy atom. The van der Waals surface area contributed by atoms with Crippen molar-refractivity contribution in [1.29, 1.82) is 0 Å². The molecule has 296 valence electrons. The first kappa shape index (κ1) is 38.8. The lowest BCUT2D eigenvalue weighted by Crippen LogP contribution is -2.54. The normalized spacial score (nSPS) is 24.5. The van der Waals surface area contributed by atoms with E-state index < -0.39 is 39.9 Å². The number of fused-ring (bicyclic) bond motifs is 4. The van der Waals surface area contributed by atoms with Gasteiger partial charge in [-0.1, -0.05) is 13.0 Å². The molecule has 2 fully saturated rings. The lowest BCUT2D eigenvalue weighted by atomic mass is 9.73. The Labute approximate surface area is 325 Å². The van der Waals surface area contributed by atoms with E-state index in [1.807, 2.05) is 78.1 Å². The van der Waals surface area contributed by atoms with E-state index >= 15 is 0 Å². The zero-order valence-electron chi connectivity index (χ0n) is 34.4. The van der Waals surface area contributed by atoms with Gasteiger partial charge in [-0.15, -0.1) is 0 Å². The molecule has 7 rings (SSSR count). The summed E-state index contributed by atoms with van der Waals surface area (Å²) in [6.07, 6.45) is 3.06. The number of amides is 2. The molecule has 0 radical (unpaired) electrons. The largest absolute Gasteiger partial charge is 0.444 e. The first-order valence-corrected chi connectivity index (χ1v) is 19.4. The number of benzene rings is 1. The molecule has 3 atom stereocenters. The number of pyridine rings is 1. The van der Waals surface area contributed by atoms with Gasteiger partial charge in [-0.2, -0.15) is 4.98 Å². The van der Waals surface area contributed by atoms with Gasteiger partial charge in [-0.25, -0.2) is 24.5 Å². The smallest absolute Gasteiger partial charge is 0.421 e. The van der Waals surface area contributed by atoms with Crippen molar-refractivity contribution in [3.8, 4) is 0 Å². The van der Waals surface area contributed by atoms with Crippen LogP contribution in [0.3, 0.4) is 0 Å². The average Bonchev–Trinajstić information content (AvgIpc) is 3.57. The molecule has 0 unspecified atom stereocenters. The molecule has 3 aliphatic heterocycles. The fourth-order valence-electron chi connectivity index (χ4n) is 8.18. The number of rotatable bonds is 5. The first-order valence-electron chi connectivity index (χ1n) is 19.4. The molecule has 1 aromatic carbocycles. The summed E-state index contributed by atoms with van der Waals surface area (Å²) in [4.78, 5) is 50.6. The predicted molar refractivity (Wildman–Crippen MR) is 212 cm³/mol. The van der Waals surface area contributed by atoms with Gasteiger partial charge in [0.2, 0.25) is 5.95 Å². The number of anilines is 5. The van der Waals surface area contributed by atoms with Crippen molar-refractivity contribution in [3.63, 3.8) is 0 Å². The Balaban J connectivity index is 1.33. The van der Waals surface area contributed by atoms with E-state index in [9.17, 15) is 9.59 Å². The van der Waals surface area contributed by atoms with Crippen LogP contribution in [-0.2, 0) is 36.3 Å². The maximum atomic E-state index is 14.1. The third kappa shape index (κ3) is 7.33. The van der Waals surface area contributed by atoms with Gasteiger partial charge in [0.25, 0.3) is 0 Å². The molecule has 2 aromatic heterocycles. The number of carbonyl (C=O) groups excluding carboxylic acids is 2. The van der Waals surface area contributed by atoms with Gasteiger partial charge in [-0.05, 0) is 117 Å². The van der Waals surface area contributed by atoms with E-state index in [-0.39, 0.29) is 12.0 Å². The third-order valence-corrected chi connectivity index (χ3v) is 11.4. The summed E-state index contributed by atoms with van der Waals surface area (Å²) >= 11 is 0. The van der Waals surface area contributed by atoms with Gasteiger partial charge in [0.1, 0.15) is 22.8 Å². The minimum Gasteiger partial charge on any atom is -0.444 e. The summed E-state index contributed by atoms with van der Waals surface area (Å²) in [7, 11) is 1.79. The first-order chi connectivity index (χ1) is 25.7. The average molecular weight is 756 g/mol. The highest BCUT2D eigenvalue weighted by Gasteiger charge is 2.56. The maximum Gasteiger partial charge on any atom is 0.421 e. The molecule has 0 saturated carbocycles. The van der Waals surface area contributed by atoms with E-state index in [1.54, 1.807) is 11.9 Å². The van der Waals surface area contributed by atoms with Crippen molar-refractivity contribution in [2.24, 2.45) is 0 Å². The van der Waals surface area contributed by atoms with Gasteiger partial charge in [0.15, 0.2) is 0 Å². The predicted octanol–water partition coefficient (Wildman–Crippen LogP) is 7.79. The Morgan fingerprint density at radius 3 is 2.20 bits per heavy atom. The van der Waals surface area contributed by atoms with E-state index in [4.69, 9.17) is 33.9 Å². The number of nitrogens with zero attached hydrogens (tertiary/aromatic N) is 7. The van der Waals surface area contributed by atoms with Crippen LogP contribution >= 0.6 is 0 Å². The van der Waals surface area contributed by atoms with Gasteiger partial charge in [0, 0.05) is 43.0 Å². The van der Waals surface area contributed by atoms with E-state index in [0.29, 0.717) is 50.0 Å². The summed E-state index contributed by atoms with van der Waals surface area (Å²) < 4.78 is 23.8. The number of morpholine rings is 1. The number of aromatic nitrogens is 3. The van der Waals surface area contributed by atoms with Gasteiger partial charge < -0.3 is 33.6 Å². The van der Waals surface area contributed by atoms with Crippen LogP contribution in [0.1, 0.15) is 98.9 Å². The van der Waals surface area contributed by atoms with E-state index in [0.717, 1.165) is 42.0 Å². The van der Waals surface area contributed by atoms with Crippen molar-refractivity contribution in [3.05, 3.63) is 59.4 Å². The Hall–Kier alpha value is -4.49. The monoisotopic (exact) mass is 755 g/mol. The molecule has 13 nitrogen and oxygen atoms in total. The molecule has 13 heteroatoms. The number of ether oxygens (including phenoxy) is 4. The van der Waals surface area contributed by atoms with Crippen molar-refractivity contribution in [2.45, 2.75) is 122 Å². The molecule has 5 heterocycles.